The molecule has 0 amide bonds. The molecular weight excluding hydrogens is 308 g/mol. The van der Waals surface area contributed by atoms with Gasteiger partial charge in [-0.3, -0.25) is 4.90 Å². The molecule has 132 valence electrons. The predicted molar refractivity (Wildman–Crippen MR) is 92.9 cm³/mol. The summed E-state index contributed by atoms with van der Waals surface area (Å²) in [6, 6.07) is 7.26. The molecule has 0 aromatic heterocycles. The van der Waals surface area contributed by atoms with Crippen molar-refractivity contribution in [2.45, 2.75) is 26.2 Å². The van der Waals surface area contributed by atoms with Gasteiger partial charge < -0.3 is 19.8 Å². The molecule has 0 saturated carbocycles. The number of ether oxygens (including phenoxy) is 1. The monoisotopic (exact) mass is 334 g/mol. The quantitative estimate of drug-likeness (QED) is 0.768. The number of carbonyl (C=O) groups is 1. The summed E-state index contributed by atoms with van der Waals surface area (Å²) in [4.78, 5) is 15.1. The highest BCUT2D eigenvalue weighted by molar-refractivity contribution is 5.89. The van der Waals surface area contributed by atoms with Crippen molar-refractivity contribution in [3.05, 3.63) is 35.9 Å². The van der Waals surface area contributed by atoms with E-state index in [1.165, 1.54) is 6.08 Å². The van der Waals surface area contributed by atoms with E-state index in [9.17, 15) is 9.90 Å². The Morgan fingerprint density at radius 1 is 1.21 bits per heavy atom. The van der Waals surface area contributed by atoms with Gasteiger partial charge in [0.2, 0.25) is 0 Å². The summed E-state index contributed by atoms with van der Waals surface area (Å²) in [6.07, 6.45) is 0.181. The predicted octanol–water partition coefficient (Wildman–Crippen LogP) is 1.51. The normalized spacial score (nSPS) is 19.8. The van der Waals surface area contributed by atoms with Crippen LogP contribution in [0.5, 0.6) is 5.75 Å². The van der Waals surface area contributed by atoms with Gasteiger partial charge in [-0.25, -0.2) is 4.79 Å². The topological polar surface area (TPSA) is 73.2 Å². The van der Waals surface area contributed by atoms with E-state index in [0.29, 0.717) is 11.3 Å². The molecule has 0 aliphatic carbocycles. The second-order valence-electron chi connectivity index (χ2n) is 6.28. The van der Waals surface area contributed by atoms with E-state index < -0.39 is 12.1 Å². The van der Waals surface area contributed by atoms with Gasteiger partial charge in [0, 0.05) is 32.3 Å². The van der Waals surface area contributed by atoms with E-state index in [2.05, 4.69) is 16.8 Å². The van der Waals surface area contributed by atoms with Crippen LogP contribution in [0.3, 0.4) is 0 Å². The molecule has 6 heteroatoms. The number of aliphatic hydroxyl groups is 1. The summed E-state index contributed by atoms with van der Waals surface area (Å²) >= 11 is 0. The lowest BCUT2D eigenvalue weighted by molar-refractivity contribution is -0.131. The lowest BCUT2D eigenvalue weighted by Crippen LogP contribution is -2.54. The molecule has 6 nitrogen and oxygen atoms in total. The SMILES string of the molecule is CC(=CC(=O)O)c1ccc(OC(C(C)O)N2CCN(C)CC2)cc1. The number of hydrogen-bond acceptors (Lipinski definition) is 5. The highest BCUT2D eigenvalue weighted by Gasteiger charge is 2.27. The number of likely N-dealkylation sites (N-methyl/N-ethyl adjacent to an activating group) is 1. The average Bonchev–Trinajstić information content (AvgIpc) is 2.53. The van der Waals surface area contributed by atoms with Gasteiger partial charge in [0.1, 0.15) is 11.9 Å². The second kappa shape index (κ2) is 8.28. The Morgan fingerprint density at radius 3 is 2.29 bits per heavy atom. The summed E-state index contributed by atoms with van der Waals surface area (Å²) in [7, 11) is 2.08. The van der Waals surface area contributed by atoms with Crippen molar-refractivity contribution >= 4 is 11.5 Å². The molecule has 1 aliphatic rings. The maximum atomic E-state index is 10.7. The third-order valence-electron chi connectivity index (χ3n) is 4.22. The number of aliphatic carboxylic acids is 1. The molecule has 1 aliphatic heterocycles. The van der Waals surface area contributed by atoms with Gasteiger partial charge in [0.05, 0.1) is 0 Å². The summed E-state index contributed by atoms with van der Waals surface area (Å²) in [5.74, 6) is -0.302. The van der Waals surface area contributed by atoms with Gasteiger partial charge in [-0.1, -0.05) is 12.1 Å². The van der Waals surface area contributed by atoms with Crippen LogP contribution < -0.4 is 4.74 Å². The third kappa shape index (κ3) is 5.06. The Labute approximate surface area is 142 Å². The van der Waals surface area contributed by atoms with Crippen molar-refractivity contribution in [1.29, 1.82) is 0 Å². The number of carboxylic acids is 1. The summed E-state index contributed by atoms with van der Waals surface area (Å²) in [5.41, 5.74) is 1.51. The Balaban J connectivity index is 2.06. The number of hydrogen-bond donors (Lipinski definition) is 2. The first kappa shape index (κ1) is 18.4. The number of allylic oxidation sites excluding steroid dienone is 1. The summed E-state index contributed by atoms with van der Waals surface area (Å²) < 4.78 is 5.99. The van der Waals surface area contributed by atoms with Crippen LogP contribution in [0.4, 0.5) is 0 Å². The van der Waals surface area contributed by atoms with Gasteiger partial charge >= 0.3 is 5.97 Å². The van der Waals surface area contributed by atoms with E-state index in [0.717, 1.165) is 31.7 Å². The minimum atomic E-state index is -0.961. The Kier molecular flexibility index (Phi) is 6.36. The maximum absolute atomic E-state index is 10.7. The van der Waals surface area contributed by atoms with Crippen molar-refractivity contribution in [1.82, 2.24) is 9.80 Å². The van der Waals surface area contributed by atoms with Gasteiger partial charge in [0.25, 0.3) is 0 Å². The van der Waals surface area contributed by atoms with Crippen LogP contribution in [-0.2, 0) is 4.79 Å². The van der Waals surface area contributed by atoms with E-state index >= 15 is 0 Å². The molecule has 1 aromatic rings. The second-order valence-corrected chi connectivity index (χ2v) is 6.28. The van der Waals surface area contributed by atoms with E-state index in [1.807, 2.05) is 12.1 Å². The van der Waals surface area contributed by atoms with Crippen LogP contribution in [-0.4, -0.2) is 71.5 Å². The van der Waals surface area contributed by atoms with E-state index in [1.54, 1.807) is 26.0 Å². The van der Waals surface area contributed by atoms with Gasteiger partial charge in [0.15, 0.2) is 6.23 Å². The molecule has 2 rings (SSSR count). The van der Waals surface area contributed by atoms with Crippen molar-refractivity contribution in [2.75, 3.05) is 33.2 Å². The average molecular weight is 334 g/mol. The lowest BCUT2D eigenvalue weighted by Gasteiger charge is -2.38. The summed E-state index contributed by atoms with van der Waals surface area (Å²) in [5, 5.41) is 18.9. The number of carboxylic acid groups (broad SMARTS) is 1. The van der Waals surface area contributed by atoms with E-state index in [-0.39, 0.29) is 6.23 Å². The van der Waals surface area contributed by atoms with Crippen LogP contribution in [0.25, 0.3) is 5.57 Å². The fourth-order valence-corrected chi connectivity index (χ4v) is 2.76. The molecule has 1 fully saturated rings. The fourth-order valence-electron chi connectivity index (χ4n) is 2.76. The Morgan fingerprint density at radius 2 is 1.79 bits per heavy atom. The number of aliphatic hydroxyl groups excluding tert-OH is 1. The first-order chi connectivity index (χ1) is 11.4. The molecule has 0 radical (unpaired) electrons. The van der Waals surface area contributed by atoms with Crippen molar-refractivity contribution in [3.63, 3.8) is 0 Å². The zero-order valence-corrected chi connectivity index (χ0v) is 14.5. The Hall–Kier alpha value is -1.89. The third-order valence-corrected chi connectivity index (χ3v) is 4.22. The highest BCUT2D eigenvalue weighted by Crippen LogP contribution is 2.21. The zero-order valence-electron chi connectivity index (χ0n) is 14.5. The molecule has 0 bridgehead atoms. The van der Waals surface area contributed by atoms with E-state index in [4.69, 9.17) is 9.84 Å². The summed E-state index contributed by atoms with van der Waals surface area (Å²) in [6.45, 7) is 7.09. The standard InChI is InChI=1S/C18H26N2O4/c1-13(12-17(22)23)15-4-6-16(7-5-15)24-18(14(2)21)20-10-8-19(3)9-11-20/h4-7,12,14,18,21H,8-11H2,1-3H3,(H,22,23). The molecule has 2 atom stereocenters. The molecule has 0 spiro atoms. The number of benzene rings is 1. The molecule has 2 unspecified atom stereocenters. The van der Waals surface area contributed by atoms with Crippen molar-refractivity contribution < 1.29 is 19.7 Å². The molecule has 2 N–H and O–H groups in total. The molecular formula is C18H26N2O4. The number of rotatable bonds is 6. The van der Waals surface area contributed by atoms with Crippen LogP contribution >= 0.6 is 0 Å². The molecule has 1 saturated heterocycles. The van der Waals surface area contributed by atoms with Crippen LogP contribution in [0.15, 0.2) is 30.3 Å². The minimum Gasteiger partial charge on any atom is -0.478 e. The highest BCUT2D eigenvalue weighted by atomic mass is 16.5. The molecule has 1 aromatic carbocycles. The minimum absolute atomic E-state index is 0.389. The zero-order chi connectivity index (χ0) is 17.7. The number of piperazine rings is 1. The number of nitrogens with zero attached hydrogens (tertiary/aromatic N) is 2. The molecule has 1 heterocycles. The van der Waals surface area contributed by atoms with Gasteiger partial charge in [-0.15, -0.1) is 0 Å². The first-order valence-electron chi connectivity index (χ1n) is 8.16. The lowest BCUT2D eigenvalue weighted by atomic mass is 10.1. The fraction of sp³-hybridized carbons (Fsp3) is 0.500. The van der Waals surface area contributed by atoms with Crippen LogP contribution in [0.2, 0.25) is 0 Å². The maximum Gasteiger partial charge on any atom is 0.328 e. The largest absolute Gasteiger partial charge is 0.478 e. The smallest absolute Gasteiger partial charge is 0.328 e. The van der Waals surface area contributed by atoms with Crippen molar-refractivity contribution in [3.8, 4) is 5.75 Å². The molecule has 24 heavy (non-hydrogen) atoms. The van der Waals surface area contributed by atoms with Gasteiger partial charge in [-0.05, 0) is 44.2 Å². The Bertz CT molecular complexity index is 575. The van der Waals surface area contributed by atoms with Crippen LogP contribution in [0, 0.1) is 0 Å². The van der Waals surface area contributed by atoms with Gasteiger partial charge in [-0.2, -0.15) is 0 Å². The van der Waals surface area contributed by atoms with Crippen molar-refractivity contribution in [2.24, 2.45) is 0 Å². The van der Waals surface area contributed by atoms with Crippen LogP contribution in [0.1, 0.15) is 19.4 Å². The first-order valence-corrected chi connectivity index (χ1v) is 8.16.